The number of para-hydroxylation sites is 2. The summed E-state index contributed by atoms with van der Waals surface area (Å²) in [6, 6.07) is 75.3. The highest BCUT2D eigenvalue weighted by atomic mass is 15.1. The molecule has 0 radical (unpaired) electrons. The van der Waals surface area contributed by atoms with Gasteiger partial charge in [-0.1, -0.05) is 146 Å². The SMILES string of the molecule is c1ccc(-n2c3ccccc3c3c(N(c4ccc(-c5ccc6c(ccc7ccccc76)c5)cc4)c4ccc5ccc6ccccc6c5c4)cccc32)cc1. The fraction of sp³-hybridized carbons (Fsp3) is 0. The smallest absolute Gasteiger partial charge is 0.0562 e. The average molecular weight is 687 g/mol. The van der Waals surface area contributed by atoms with Gasteiger partial charge in [0, 0.05) is 27.8 Å². The van der Waals surface area contributed by atoms with E-state index in [0.29, 0.717) is 0 Å². The van der Waals surface area contributed by atoms with Gasteiger partial charge in [0.25, 0.3) is 0 Å². The van der Waals surface area contributed by atoms with E-state index < -0.39 is 0 Å². The van der Waals surface area contributed by atoms with E-state index >= 15 is 0 Å². The molecule has 10 aromatic carbocycles. The number of benzene rings is 10. The Morgan fingerprint density at radius 1 is 0.315 bits per heavy atom. The number of aromatic nitrogens is 1. The molecule has 0 amide bonds. The number of fused-ring (bicyclic) bond motifs is 9. The minimum atomic E-state index is 1.11. The Labute approximate surface area is 313 Å². The topological polar surface area (TPSA) is 8.17 Å². The van der Waals surface area contributed by atoms with Crippen LogP contribution in [0.4, 0.5) is 17.1 Å². The van der Waals surface area contributed by atoms with Gasteiger partial charge in [0.2, 0.25) is 0 Å². The Kier molecular flexibility index (Phi) is 6.90. The molecule has 0 N–H and O–H groups in total. The van der Waals surface area contributed by atoms with Gasteiger partial charge in [0.1, 0.15) is 0 Å². The van der Waals surface area contributed by atoms with Crippen LogP contribution in [-0.2, 0) is 0 Å². The highest BCUT2D eigenvalue weighted by molar-refractivity contribution is 6.17. The fourth-order valence-electron chi connectivity index (χ4n) is 8.59. The minimum absolute atomic E-state index is 1.11. The van der Waals surface area contributed by atoms with Crippen molar-refractivity contribution >= 4 is 82.0 Å². The molecule has 0 aliphatic heterocycles. The summed E-state index contributed by atoms with van der Waals surface area (Å²) in [6.07, 6.45) is 0. The molecule has 0 aliphatic carbocycles. The summed E-state index contributed by atoms with van der Waals surface area (Å²) in [5, 5.41) is 12.5. The maximum absolute atomic E-state index is 2.45. The van der Waals surface area contributed by atoms with Crippen molar-refractivity contribution in [2.45, 2.75) is 0 Å². The summed E-state index contributed by atoms with van der Waals surface area (Å²) >= 11 is 0. The van der Waals surface area contributed by atoms with Crippen molar-refractivity contribution in [1.82, 2.24) is 4.57 Å². The molecule has 252 valence electrons. The molecule has 2 heteroatoms. The second kappa shape index (κ2) is 12.2. The van der Waals surface area contributed by atoms with Gasteiger partial charge in [-0.2, -0.15) is 0 Å². The van der Waals surface area contributed by atoms with Crippen LogP contribution in [0.5, 0.6) is 0 Å². The van der Waals surface area contributed by atoms with Gasteiger partial charge in [-0.25, -0.2) is 0 Å². The standard InChI is InChI=1S/C52H34N2/c1-2-13-41(14-3-1)54-49-18-9-8-17-47(49)52-50(19-10-20-51(52)54)53(43-31-27-38-22-21-37-12-5-7-16-45(37)48(38)34-43)42-29-25-35(26-30-42)39-28-32-46-40(33-39)24-23-36-11-4-6-15-44(36)46/h1-34H. The lowest BCUT2D eigenvalue weighted by molar-refractivity contribution is 1.18. The molecule has 1 heterocycles. The molecule has 0 saturated heterocycles. The highest BCUT2D eigenvalue weighted by Crippen LogP contribution is 2.45. The summed E-state index contributed by atoms with van der Waals surface area (Å²) in [4.78, 5) is 2.45. The third-order valence-corrected chi connectivity index (χ3v) is 11.1. The number of anilines is 3. The first-order chi connectivity index (χ1) is 26.8. The minimum Gasteiger partial charge on any atom is -0.310 e. The van der Waals surface area contributed by atoms with Crippen LogP contribution in [0.15, 0.2) is 206 Å². The number of hydrogen-bond donors (Lipinski definition) is 0. The molecular formula is C52H34N2. The summed E-state index contributed by atoms with van der Waals surface area (Å²) < 4.78 is 2.40. The van der Waals surface area contributed by atoms with Crippen LogP contribution in [0.25, 0.3) is 81.7 Å². The molecule has 0 spiro atoms. The number of rotatable bonds is 5. The Morgan fingerprint density at radius 3 is 1.65 bits per heavy atom. The lowest BCUT2D eigenvalue weighted by atomic mass is 9.97. The zero-order valence-electron chi connectivity index (χ0n) is 29.5. The monoisotopic (exact) mass is 686 g/mol. The maximum Gasteiger partial charge on any atom is 0.0562 e. The van der Waals surface area contributed by atoms with E-state index in [1.807, 2.05) is 0 Å². The quantitative estimate of drug-likeness (QED) is 0.164. The zero-order valence-corrected chi connectivity index (χ0v) is 29.5. The molecule has 11 rings (SSSR count). The number of nitrogens with zero attached hydrogens (tertiary/aromatic N) is 2. The van der Waals surface area contributed by atoms with Crippen molar-refractivity contribution in [3.8, 4) is 16.8 Å². The first kappa shape index (κ1) is 30.5. The Balaban J connectivity index is 1.12. The van der Waals surface area contributed by atoms with Crippen molar-refractivity contribution in [3.63, 3.8) is 0 Å². The average Bonchev–Trinajstić information content (AvgIpc) is 3.59. The first-order valence-electron chi connectivity index (χ1n) is 18.6. The first-order valence-corrected chi connectivity index (χ1v) is 18.6. The summed E-state index contributed by atoms with van der Waals surface area (Å²) in [5.41, 5.74) is 9.28. The van der Waals surface area contributed by atoms with Crippen LogP contribution in [0, 0.1) is 0 Å². The lowest BCUT2D eigenvalue weighted by Crippen LogP contribution is -2.10. The molecule has 0 aliphatic rings. The molecule has 54 heavy (non-hydrogen) atoms. The predicted octanol–water partition coefficient (Wildman–Crippen LogP) is 14.5. The third kappa shape index (κ3) is 4.81. The van der Waals surface area contributed by atoms with Gasteiger partial charge in [0.15, 0.2) is 0 Å². The van der Waals surface area contributed by atoms with E-state index in [0.717, 1.165) is 22.7 Å². The molecule has 0 saturated carbocycles. The Morgan fingerprint density at radius 2 is 0.870 bits per heavy atom. The molecule has 1 aromatic heterocycles. The maximum atomic E-state index is 2.45. The van der Waals surface area contributed by atoms with Gasteiger partial charge in [0.05, 0.1) is 16.7 Å². The van der Waals surface area contributed by atoms with Crippen LogP contribution >= 0.6 is 0 Å². The second-order valence-corrected chi connectivity index (χ2v) is 14.2. The van der Waals surface area contributed by atoms with Crippen molar-refractivity contribution in [1.29, 1.82) is 0 Å². The van der Waals surface area contributed by atoms with E-state index in [1.165, 1.54) is 76.0 Å². The van der Waals surface area contributed by atoms with E-state index in [9.17, 15) is 0 Å². The highest BCUT2D eigenvalue weighted by Gasteiger charge is 2.21. The molecule has 0 unspecified atom stereocenters. The van der Waals surface area contributed by atoms with E-state index in [1.54, 1.807) is 0 Å². The zero-order chi connectivity index (χ0) is 35.6. The molecule has 2 nitrogen and oxygen atoms in total. The second-order valence-electron chi connectivity index (χ2n) is 14.2. The summed E-state index contributed by atoms with van der Waals surface area (Å²) in [5.74, 6) is 0. The van der Waals surface area contributed by atoms with Crippen LogP contribution in [0.1, 0.15) is 0 Å². The molecular weight excluding hydrogens is 653 g/mol. The summed E-state index contributed by atoms with van der Waals surface area (Å²) in [7, 11) is 0. The van der Waals surface area contributed by atoms with E-state index in [-0.39, 0.29) is 0 Å². The molecule has 0 bridgehead atoms. The molecule has 0 fully saturated rings. The normalized spacial score (nSPS) is 11.7. The van der Waals surface area contributed by atoms with E-state index in [2.05, 4.69) is 216 Å². The third-order valence-electron chi connectivity index (χ3n) is 11.1. The van der Waals surface area contributed by atoms with Gasteiger partial charge >= 0.3 is 0 Å². The van der Waals surface area contributed by atoms with Crippen molar-refractivity contribution in [2.24, 2.45) is 0 Å². The van der Waals surface area contributed by atoms with Crippen molar-refractivity contribution in [2.75, 3.05) is 4.90 Å². The largest absolute Gasteiger partial charge is 0.310 e. The van der Waals surface area contributed by atoms with Crippen molar-refractivity contribution in [3.05, 3.63) is 206 Å². The predicted molar refractivity (Wildman–Crippen MR) is 231 cm³/mol. The fourth-order valence-corrected chi connectivity index (χ4v) is 8.59. The summed E-state index contributed by atoms with van der Waals surface area (Å²) in [6.45, 7) is 0. The van der Waals surface area contributed by atoms with Crippen LogP contribution in [0.2, 0.25) is 0 Å². The van der Waals surface area contributed by atoms with Gasteiger partial charge in [-0.15, -0.1) is 0 Å². The van der Waals surface area contributed by atoms with Crippen LogP contribution < -0.4 is 4.90 Å². The van der Waals surface area contributed by atoms with E-state index in [4.69, 9.17) is 0 Å². The molecule has 11 aromatic rings. The van der Waals surface area contributed by atoms with Gasteiger partial charge in [-0.05, 0) is 115 Å². The van der Waals surface area contributed by atoms with Crippen LogP contribution in [-0.4, -0.2) is 4.57 Å². The van der Waals surface area contributed by atoms with Crippen molar-refractivity contribution < 1.29 is 0 Å². The number of hydrogen-bond acceptors (Lipinski definition) is 1. The Hall–Kier alpha value is -7.16. The van der Waals surface area contributed by atoms with Crippen LogP contribution in [0.3, 0.4) is 0 Å². The Bertz CT molecular complexity index is 3210. The molecule has 0 atom stereocenters. The lowest BCUT2D eigenvalue weighted by Gasteiger charge is -2.27. The van der Waals surface area contributed by atoms with Gasteiger partial charge < -0.3 is 9.47 Å². The van der Waals surface area contributed by atoms with Gasteiger partial charge in [-0.3, -0.25) is 0 Å².